The summed E-state index contributed by atoms with van der Waals surface area (Å²) >= 11 is 0. The van der Waals surface area contributed by atoms with Gasteiger partial charge in [-0.25, -0.2) is 0 Å². The fraction of sp³-hybridized carbons (Fsp3) is 0.407. The van der Waals surface area contributed by atoms with E-state index in [0.29, 0.717) is 30.2 Å². The van der Waals surface area contributed by atoms with E-state index in [4.69, 9.17) is 9.47 Å². The second kappa shape index (κ2) is 11.2. The number of hydrogen-bond acceptors (Lipinski definition) is 6. The summed E-state index contributed by atoms with van der Waals surface area (Å²) in [5.41, 5.74) is 1.28. The Balaban J connectivity index is 2.04. The van der Waals surface area contributed by atoms with Gasteiger partial charge in [-0.2, -0.15) is 0 Å². The van der Waals surface area contributed by atoms with Crippen LogP contribution in [0, 0.1) is 0 Å². The number of ether oxygens (including phenoxy) is 2. The first-order chi connectivity index (χ1) is 16.3. The largest absolute Gasteiger partial charge is 0.507 e. The fourth-order valence-electron chi connectivity index (χ4n) is 4.15. The highest BCUT2D eigenvalue weighted by Gasteiger charge is 2.45. The van der Waals surface area contributed by atoms with Gasteiger partial charge >= 0.3 is 0 Å². The van der Waals surface area contributed by atoms with Crippen LogP contribution in [0.2, 0.25) is 0 Å². The zero-order valence-corrected chi connectivity index (χ0v) is 20.6. The standard InChI is InChI=1S/C27H34N2O5/c1-6-28(7-2)16-17-29-24(19-8-12-21(33-5)13-9-19)23(26(31)27(29)32)25(30)20-10-14-22(15-11-20)34-18(3)4/h8-15,18,24,30H,6-7,16-17H2,1-5H3/b25-23+/t24-/m1/s1. The molecule has 3 rings (SSSR count). The summed E-state index contributed by atoms with van der Waals surface area (Å²) in [4.78, 5) is 30.0. The van der Waals surface area contributed by atoms with Gasteiger partial charge in [-0.1, -0.05) is 26.0 Å². The highest BCUT2D eigenvalue weighted by atomic mass is 16.5. The minimum atomic E-state index is -0.687. The number of carbonyl (C=O) groups excluding carboxylic acids is 2. The molecule has 7 heteroatoms. The fourth-order valence-corrected chi connectivity index (χ4v) is 4.15. The Morgan fingerprint density at radius 2 is 1.59 bits per heavy atom. The number of amides is 1. The van der Waals surface area contributed by atoms with Crippen LogP contribution in [-0.2, 0) is 9.59 Å². The van der Waals surface area contributed by atoms with Crippen molar-refractivity contribution in [1.29, 1.82) is 0 Å². The highest BCUT2D eigenvalue weighted by Crippen LogP contribution is 2.39. The third kappa shape index (κ3) is 5.42. The number of carbonyl (C=O) groups is 2. The van der Waals surface area contributed by atoms with Crippen LogP contribution in [-0.4, -0.2) is 66.0 Å². The van der Waals surface area contributed by atoms with Gasteiger partial charge in [-0.15, -0.1) is 0 Å². The molecule has 0 unspecified atom stereocenters. The molecule has 2 aromatic carbocycles. The van der Waals surface area contributed by atoms with E-state index >= 15 is 0 Å². The van der Waals surface area contributed by atoms with Crippen LogP contribution >= 0.6 is 0 Å². The molecule has 0 saturated carbocycles. The van der Waals surface area contributed by atoms with Crippen molar-refractivity contribution in [3.05, 3.63) is 65.2 Å². The van der Waals surface area contributed by atoms with Gasteiger partial charge in [-0.05, 0) is 68.9 Å². The smallest absolute Gasteiger partial charge is 0.295 e. The number of Topliss-reactive ketones (excluding diaryl/α,β-unsaturated/α-hetero) is 1. The Hall–Kier alpha value is -3.32. The lowest BCUT2D eigenvalue weighted by Crippen LogP contribution is -2.38. The molecule has 1 saturated heterocycles. The zero-order valence-electron chi connectivity index (χ0n) is 20.6. The lowest BCUT2D eigenvalue weighted by Gasteiger charge is -2.28. The first kappa shape index (κ1) is 25.3. The summed E-state index contributed by atoms with van der Waals surface area (Å²) in [5, 5.41) is 11.2. The van der Waals surface area contributed by atoms with Crippen molar-refractivity contribution in [1.82, 2.24) is 9.80 Å². The molecule has 0 aromatic heterocycles. The van der Waals surface area contributed by atoms with Gasteiger partial charge in [-0.3, -0.25) is 9.59 Å². The molecule has 0 bridgehead atoms. The first-order valence-electron chi connectivity index (χ1n) is 11.7. The van der Waals surface area contributed by atoms with Crippen molar-refractivity contribution in [2.24, 2.45) is 0 Å². The number of aliphatic hydroxyl groups excluding tert-OH is 1. The Labute approximate surface area is 201 Å². The second-order valence-corrected chi connectivity index (χ2v) is 8.48. The van der Waals surface area contributed by atoms with Crippen LogP contribution in [0.25, 0.3) is 5.76 Å². The quantitative estimate of drug-likeness (QED) is 0.320. The molecule has 1 N–H and O–H groups in total. The van der Waals surface area contributed by atoms with E-state index in [-0.39, 0.29) is 17.4 Å². The minimum Gasteiger partial charge on any atom is -0.507 e. The van der Waals surface area contributed by atoms with Gasteiger partial charge in [0, 0.05) is 18.7 Å². The van der Waals surface area contributed by atoms with Gasteiger partial charge in [0.25, 0.3) is 11.7 Å². The number of benzene rings is 2. The lowest BCUT2D eigenvalue weighted by molar-refractivity contribution is -0.140. The molecule has 34 heavy (non-hydrogen) atoms. The summed E-state index contributed by atoms with van der Waals surface area (Å²) in [6.07, 6.45) is 0.0191. The molecule has 1 aliphatic rings. The van der Waals surface area contributed by atoms with Crippen molar-refractivity contribution in [2.45, 2.75) is 39.8 Å². The topological polar surface area (TPSA) is 79.3 Å². The van der Waals surface area contributed by atoms with Crippen LogP contribution in [0.15, 0.2) is 54.1 Å². The molecule has 182 valence electrons. The molecule has 2 aromatic rings. The summed E-state index contributed by atoms with van der Waals surface area (Å²) < 4.78 is 10.9. The molecular formula is C27H34N2O5. The Morgan fingerprint density at radius 1 is 1.00 bits per heavy atom. The van der Waals surface area contributed by atoms with Crippen molar-refractivity contribution < 1.29 is 24.2 Å². The Kier molecular flexibility index (Phi) is 8.34. The van der Waals surface area contributed by atoms with Crippen molar-refractivity contribution in [2.75, 3.05) is 33.3 Å². The van der Waals surface area contributed by atoms with Gasteiger partial charge in [0.05, 0.1) is 24.8 Å². The van der Waals surface area contributed by atoms with Crippen LogP contribution in [0.3, 0.4) is 0 Å². The van der Waals surface area contributed by atoms with E-state index in [0.717, 1.165) is 18.7 Å². The molecule has 0 radical (unpaired) electrons. The normalized spacial score (nSPS) is 17.6. The van der Waals surface area contributed by atoms with E-state index in [2.05, 4.69) is 18.7 Å². The molecule has 7 nitrogen and oxygen atoms in total. The van der Waals surface area contributed by atoms with Gasteiger partial charge in [0.15, 0.2) is 0 Å². The van der Waals surface area contributed by atoms with Crippen molar-refractivity contribution in [3.8, 4) is 11.5 Å². The van der Waals surface area contributed by atoms with Crippen molar-refractivity contribution in [3.63, 3.8) is 0 Å². The van der Waals surface area contributed by atoms with E-state index in [1.165, 1.54) is 0 Å². The maximum absolute atomic E-state index is 13.2. The number of methoxy groups -OCH3 is 1. The number of hydrogen-bond donors (Lipinski definition) is 1. The van der Waals surface area contributed by atoms with E-state index in [1.54, 1.807) is 48.4 Å². The third-order valence-corrected chi connectivity index (χ3v) is 6.02. The monoisotopic (exact) mass is 466 g/mol. The Bertz CT molecular complexity index is 1020. The van der Waals surface area contributed by atoms with E-state index in [1.807, 2.05) is 26.0 Å². The van der Waals surface area contributed by atoms with E-state index < -0.39 is 17.7 Å². The number of nitrogens with zero attached hydrogens (tertiary/aromatic N) is 2. The number of ketones is 1. The molecule has 1 heterocycles. The summed E-state index contributed by atoms with van der Waals surface area (Å²) in [7, 11) is 1.58. The zero-order chi connectivity index (χ0) is 24.8. The molecule has 1 amide bonds. The van der Waals surface area contributed by atoms with Gasteiger partial charge in [0.1, 0.15) is 17.3 Å². The van der Waals surface area contributed by atoms with Crippen LogP contribution in [0.1, 0.15) is 44.9 Å². The molecule has 0 spiro atoms. The maximum atomic E-state index is 13.2. The number of likely N-dealkylation sites (N-methyl/N-ethyl adjacent to an activating group) is 1. The molecule has 1 fully saturated rings. The van der Waals surface area contributed by atoms with Crippen LogP contribution in [0.5, 0.6) is 11.5 Å². The molecule has 1 aliphatic heterocycles. The van der Waals surface area contributed by atoms with Crippen molar-refractivity contribution >= 4 is 17.4 Å². The third-order valence-electron chi connectivity index (χ3n) is 6.02. The van der Waals surface area contributed by atoms with Gasteiger partial charge in [0.2, 0.25) is 0 Å². The summed E-state index contributed by atoms with van der Waals surface area (Å²) in [6, 6.07) is 13.4. The number of aliphatic hydroxyl groups is 1. The SMILES string of the molecule is CCN(CC)CCN1C(=O)C(=O)/C(=C(/O)c2ccc(OC(C)C)cc2)[C@H]1c1ccc(OC)cc1. The summed E-state index contributed by atoms with van der Waals surface area (Å²) in [5.74, 6) is -0.141. The number of likely N-dealkylation sites (tertiary alicyclic amines) is 1. The van der Waals surface area contributed by atoms with Crippen LogP contribution in [0.4, 0.5) is 0 Å². The predicted molar refractivity (Wildman–Crippen MR) is 132 cm³/mol. The minimum absolute atomic E-state index is 0.0191. The average Bonchev–Trinajstić information content (AvgIpc) is 3.09. The second-order valence-electron chi connectivity index (χ2n) is 8.48. The Morgan fingerprint density at radius 3 is 2.12 bits per heavy atom. The predicted octanol–water partition coefficient (Wildman–Crippen LogP) is 4.25. The lowest BCUT2D eigenvalue weighted by atomic mass is 9.95. The molecule has 1 atom stereocenters. The maximum Gasteiger partial charge on any atom is 0.295 e. The highest BCUT2D eigenvalue weighted by molar-refractivity contribution is 6.46. The summed E-state index contributed by atoms with van der Waals surface area (Å²) in [6.45, 7) is 10.7. The molecular weight excluding hydrogens is 432 g/mol. The first-order valence-corrected chi connectivity index (χ1v) is 11.7. The number of rotatable bonds is 10. The average molecular weight is 467 g/mol. The van der Waals surface area contributed by atoms with Crippen LogP contribution < -0.4 is 9.47 Å². The molecule has 0 aliphatic carbocycles. The van der Waals surface area contributed by atoms with E-state index in [9.17, 15) is 14.7 Å². The van der Waals surface area contributed by atoms with Gasteiger partial charge < -0.3 is 24.4 Å².